The number of hydrogen-bond donors (Lipinski definition) is 2. The van der Waals surface area contributed by atoms with Crippen LogP contribution in [-0.4, -0.2) is 44.5 Å². The number of likely N-dealkylation sites (N-methyl/N-ethyl adjacent to an activating group) is 1. The lowest BCUT2D eigenvalue weighted by molar-refractivity contribution is -0.117. The fraction of sp³-hybridized carbons (Fsp3) is 0.263. The van der Waals surface area contributed by atoms with Crippen LogP contribution in [0.1, 0.15) is 15.9 Å². The first-order valence-electron chi connectivity index (χ1n) is 8.06. The molecule has 0 unspecified atom stereocenters. The molecular weight excluding hydrogens is 354 g/mol. The van der Waals surface area contributed by atoms with Crippen molar-refractivity contribution in [2.75, 3.05) is 33.1 Å². The Hall–Kier alpha value is -2.57. The van der Waals surface area contributed by atoms with E-state index in [0.717, 1.165) is 11.3 Å². The van der Waals surface area contributed by atoms with Gasteiger partial charge in [-0.15, -0.1) is 0 Å². The highest BCUT2D eigenvalue weighted by molar-refractivity contribution is 6.30. The maximum Gasteiger partial charge on any atom is 0.251 e. The predicted molar refractivity (Wildman–Crippen MR) is 103 cm³/mol. The Kier molecular flexibility index (Phi) is 7.00. The molecule has 0 aliphatic rings. The molecule has 2 amide bonds. The van der Waals surface area contributed by atoms with Crippen LogP contribution in [-0.2, 0) is 11.3 Å². The average Bonchev–Trinajstić information content (AvgIpc) is 2.61. The molecule has 0 radical (unpaired) electrons. The van der Waals surface area contributed by atoms with Gasteiger partial charge in [-0.2, -0.15) is 0 Å². The number of hydrogen-bond acceptors (Lipinski definition) is 4. The smallest absolute Gasteiger partial charge is 0.251 e. The number of rotatable bonds is 7. The van der Waals surface area contributed by atoms with Crippen LogP contribution in [0.2, 0.25) is 5.02 Å². The van der Waals surface area contributed by atoms with Crippen LogP contribution in [0.5, 0.6) is 5.75 Å². The van der Waals surface area contributed by atoms with Gasteiger partial charge in [-0.3, -0.25) is 14.5 Å². The van der Waals surface area contributed by atoms with E-state index in [-0.39, 0.29) is 18.4 Å². The molecule has 2 aromatic rings. The normalized spacial score (nSPS) is 10.5. The third kappa shape index (κ3) is 5.47. The minimum Gasteiger partial charge on any atom is -0.496 e. The summed E-state index contributed by atoms with van der Waals surface area (Å²) in [6, 6.07) is 12.1. The number of methoxy groups -OCH3 is 1. The van der Waals surface area contributed by atoms with Gasteiger partial charge in [0, 0.05) is 35.4 Å². The van der Waals surface area contributed by atoms with Crippen molar-refractivity contribution < 1.29 is 14.3 Å². The number of anilines is 1. The van der Waals surface area contributed by atoms with E-state index in [0.29, 0.717) is 22.8 Å². The summed E-state index contributed by atoms with van der Waals surface area (Å²) in [5.41, 5.74) is 2.08. The molecule has 0 aliphatic heterocycles. The second-order valence-electron chi connectivity index (χ2n) is 5.83. The van der Waals surface area contributed by atoms with E-state index in [4.69, 9.17) is 16.3 Å². The number of carbonyl (C=O) groups is 2. The van der Waals surface area contributed by atoms with E-state index >= 15 is 0 Å². The largest absolute Gasteiger partial charge is 0.496 e. The molecule has 138 valence electrons. The van der Waals surface area contributed by atoms with Crippen LogP contribution in [0.25, 0.3) is 0 Å². The van der Waals surface area contributed by atoms with E-state index in [1.807, 2.05) is 18.0 Å². The van der Waals surface area contributed by atoms with Gasteiger partial charge in [-0.05, 0) is 49.5 Å². The molecule has 0 bridgehead atoms. The number of nitrogens with one attached hydrogen (secondary N) is 2. The molecule has 0 aliphatic carbocycles. The molecule has 2 rings (SSSR count). The lowest BCUT2D eigenvalue weighted by Gasteiger charge is -2.18. The number of benzene rings is 2. The van der Waals surface area contributed by atoms with E-state index in [9.17, 15) is 9.59 Å². The highest BCUT2D eigenvalue weighted by Gasteiger charge is 2.11. The molecule has 0 fully saturated rings. The first-order chi connectivity index (χ1) is 12.4. The molecule has 0 spiro atoms. The standard InChI is InChI=1S/C19H22ClN3O3/c1-21-19(25)13-4-7-16(8-5-13)22-18(24)12-23(2)11-14-10-15(20)6-9-17(14)26-3/h4-10H,11-12H2,1-3H3,(H,21,25)(H,22,24). The fourth-order valence-corrected chi connectivity index (χ4v) is 2.71. The number of halogens is 1. The molecule has 26 heavy (non-hydrogen) atoms. The summed E-state index contributed by atoms with van der Waals surface area (Å²) in [5, 5.41) is 5.98. The van der Waals surface area contributed by atoms with Gasteiger partial charge in [-0.25, -0.2) is 0 Å². The second kappa shape index (κ2) is 9.22. The van der Waals surface area contributed by atoms with Crippen molar-refractivity contribution in [1.29, 1.82) is 0 Å². The highest BCUT2D eigenvalue weighted by atomic mass is 35.5. The summed E-state index contributed by atoms with van der Waals surface area (Å²) < 4.78 is 5.32. The van der Waals surface area contributed by atoms with Gasteiger partial charge in [0.25, 0.3) is 5.91 Å². The van der Waals surface area contributed by atoms with Crippen molar-refractivity contribution in [3.63, 3.8) is 0 Å². The number of ether oxygens (including phenoxy) is 1. The van der Waals surface area contributed by atoms with Gasteiger partial charge in [0.1, 0.15) is 5.75 Å². The van der Waals surface area contributed by atoms with Gasteiger partial charge < -0.3 is 15.4 Å². The predicted octanol–water partition coefficient (Wildman–Crippen LogP) is 2.78. The Labute approximate surface area is 158 Å². The van der Waals surface area contributed by atoms with E-state index < -0.39 is 0 Å². The Morgan fingerprint density at radius 2 is 1.85 bits per heavy atom. The van der Waals surface area contributed by atoms with Crippen molar-refractivity contribution in [3.05, 3.63) is 58.6 Å². The molecule has 0 heterocycles. The monoisotopic (exact) mass is 375 g/mol. The minimum atomic E-state index is -0.168. The molecule has 0 aromatic heterocycles. The fourth-order valence-electron chi connectivity index (χ4n) is 2.51. The number of nitrogens with zero attached hydrogens (tertiary/aromatic N) is 1. The van der Waals surface area contributed by atoms with Gasteiger partial charge in [-0.1, -0.05) is 11.6 Å². The van der Waals surface area contributed by atoms with Crippen molar-refractivity contribution >= 4 is 29.1 Å². The Morgan fingerprint density at radius 1 is 1.15 bits per heavy atom. The Morgan fingerprint density at radius 3 is 2.46 bits per heavy atom. The average molecular weight is 376 g/mol. The molecular formula is C19H22ClN3O3. The minimum absolute atomic E-state index is 0.152. The van der Waals surface area contributed by atoms with Crippen molar-refractivity contribution in [1.82, 2.24) is 10.2 Å². The maximum atomic E-state index is 12.2. The number of carbonyl (C=O) groups excluding carboxylic acids is 2. The molecule has 0 atom stereocenters. The zero-order valence-corrected chi connectivity index (χ0v) is 15.8. The highest BCUT2D eigenvalue weighted by Crippen LogP contribution is 2.23. The van der Waals surface area contributed by atoms with Gasteiger partial charge in [0.15, 0.2) is 0 Å². The van der Waals surface area contributed by atoms with Crippen LogP contribution in [0, 0.1) is 0 Å². The maximum absolute atomic E-state index is 12.2. The molecule has 7 heteroatoms. The Bertz CT molecular complexity index is 778. The SMILES string of the molecule is CNC(=O)c1ccc(NC(=O)CN(C)Cc2cc(Cl)ccc2OC)cc1. The van der Waals surface area contributed by atoms with Crippen LogP contribution >= 0.6 is 11.6 Å². The second-order valence-corrected chi connectivity index (χ2v) is 6.27. The quantitative estimate of drug-likeness (QED) is 0.780. The first kappa shape index (κ1) is 19.8. The third-order valence-corrected chi connectivity index (χ3v) is 3.99. The number of amides is 2. The Balaban J connectivity index is 1.93. The molecule has 0 saturated heterocycles. The van der Waals surface area contributed by atoms with Crippen molar-refractivity contribution in [2.24, 2.45) is 0 Å². The summed E-state index contributed by atoms with van der Waals surface area (Å²) in [5.74, 6) is 0.408. The van der Waals surface area contributed by atoms with Crippen LogP contribution in [0.15, 0.2) is 42.5 Å². The lowest BCUT2D eigenvalue weighted by atomic mass is 10.2. The summed E-state index contributed by atoms with van der Waals surface area (Å²) in [6.45, 7) is 0.722. The lowest BCUT2D eigenvalue weighted by Crippen LogP contribution is -2.30. The molecule has 2 N–H and O–H groups in total. The van der Waals surface area contributed by atoms with Gasteiger partial charge >= 0.3 is 0 Å². The first-order valence-corrected chi connectivity index (χ1v) is 8.43. The van der Waals surface area contributed by atoms with Gasteiger partial charge in [0.2, 0.25) is 5.91 Å². The van der Waals surface area contributed by atoms with Gasteiger partial charge in [0.05, 0.1) is 13.7 Å². The summed E-state index contributed by atoms with van der Waals surface area (Å²) >= 11 is 6.03. The van der Waals surface area contributed by atoms with Crippen LogP contribution < -0.4 is 15.4 Å². The topological polar surface area (TPSA) is 70.7 Å². The van der Waals surface area contributed by atoms with Crippen molar-refractivity contribution in [2.45, 2.75) is 6.54 Å². The van der Waals surface area contributed by atoms with Crippen LogP contribution in [0.3, 0.4) is 0 Å². The van der Waals surface area contributed by atoms with Crippen LogP contribution in [0.4, 0.5) is 5.69 Å². The summed E-state index contributed by atoms with van der Waals surface area (Å²) in [6.07, 6.45) is 0. The molecule has 0 saturated carbocycles. The van der Waals surface area contributed by atoms with E-state index in [1.54, 1.807) is 50.6 Å². The zero-order valence-electron chi connectivity index (χ0n) is 15.0. The van der Waals surface area contributed by atoms with Crippen molar-refractivity contribution in [3.8, 4) is 5.75 Å². The van der Waals surface area contributed by atoms with E-state index in [1.165, 1.54) is 0 Å². The summed E-state index contributed by atoms with van der Waals surface area (Å²) in [7, 11) is 5.01. The molecule has 2 aromatic carbocycles. The zero-order chi connectivity index (χ0) is 19.1. The molecule has 6 nitrogen and oxygen atoms in total. The third-order valence-electron chi connectivity index (χ3n) is 3.75. The summed E-state index contributed by atoms with van der Waals surface area (Å²) in [4.78, 5) is 25.6. The van der Waals surface area contributed by atoms with E-state index in [2.05, 4.69) is 10.6 Å².